The quantitative estimate of drug-likeness (QED) is 0.622. The summed E-state index contributed by atoms with van der Waals surface area (Å²) in [5.74, 6) is 0. The highest BCUT2D eigenvalue weighted by molar-refractivity contribution is 4.81. The van der Waals surface area contributed by atoms with Crippen molar-refractivity contribution in [2.45, 2.75) is 37.8 Å². The fourth-order valence-electron chi connectivity index (χ4n) is 2.32. The summed E-state index contributed by atoms with van der Waals surface area (Å²) in [5, 5.41) is 17.1. The van der Waals surface area contributed by atoms with Crippen molar-refractivity contribution in [1.29, 1.82) is 0 Å². The van der Waals surface area contributed by atoms with Crippen molar-refractivity contribution in [3.05, 3.63) is 0 Å². The second-order valence-electron chi connectivity index (χ2n) is 5.49. The van der Waals surface area contributed by atoms with Crippen LogP contribution in [0.3, 0.4) is 0 Å². The van der Waals surface area contributed by atoms with Gasteiger partial charge in [-0.25, -0.2) is 0 Å². The highest BCUT2D eigenvalue weighted by Gasteiger charge is 2.22. The molecule has 0 bridgehead atoms. The lowest BCUT2D eigenvalue weighted by molar-refractivity contribution is 0.0309. The van der Waals surface area contributed by atoms with Gasteiger partial charge in [-0.15, -0.1) is 0 Å². The van der Waals surface area contributed by atoms with E-state index in [0.717, 1.165) is 19.5 Å². The second kappa shape index (κ2) is 6.55. The minimum atomic E-state index is -0.636. The largest absolute Gasteiger partial charge is 0.388 e. The Kier molecular flexibility index (Phi) is 5.69. The van der Waals surface area contributed by atoms with Gasteiger partial charge in [0.1, 0.15) is 0 Å². The van der Waals surface area contributed by atoms with Crippen LogP contribution in [0.25, 0.3) is 0 Å². The first kappa shape index (κ1) is 13.9. The predicted molar refractivity (Wildman–Crippen MR) is 67.7 cm³/mol. The van der Waals surface area contributed by atoms with E-state index >= 15 is 0 Å². The molecule has 1 saturated heterocycles. The van der Waals surface area contributed by atoms with Crippen molar-refractivity contribution >= 4 is 0 Å². The van der Waals surface area contributed by atoms with Crippen LogP contribution in [0.2, 0.25) is 0 Å². The molecule has 96 valence electrons. The molecule has 0 aromatic rings. The first-order valence-corrected chi connectivity index (χ1v) is 6.31. The van der Waals surface area contributed by atoms with E-state index in [1.165, 1.54) is 12.8 Å². The summed E-state index contributed by atoms with van der Waals surface area (Å²) in [5.41, 5.74) is -0.636. The standard InChI is InChI=1S/C12H27N3O/c1-12(16,10-15(2)3)9-14-11-5-4-7-13-8-6-11/h11,13-14,16H,4-10H2,1-3H3. The summed E-state index contributed by atoms with van der Waals surface area (Å²) in [6.07, 6.45) is 3.61. The molecular weight excluding hydrogens is 202 g/mol. The molecule has 2 atom stereocenters. The van der Waals surface area contributed by atoms with Gasteiger partial charge in [-0.3, -0.25) is 0 Å². The zero-order valence-electron chi connectivity index (χ0n) is 10.9. The lowest BCUT2D eigenvalue weighted by Gasteiger charge is -2.29. The maximum atomic E-state index is 10.2. The van der Waals surface area contributed by atoms with Crippen molar-refractivity contribution in [3.8, 4) is 0 Å². The van der Waals surface area contributed by atoms with Crippen LogP contribution in [-0.4, -0.2) is 61.9 Å². The van der Waals surface area contributed by atoms with Crippen molar-refractivity contribution in [2.75, 3.05) is 40.3 Å². The Morgan fingerprint density at radius 2 is 2.12 bits per heavy atom. The molecule has 0 saturated carbocycles. The molecule has 16 heavy (non-hydrogen) atoms. The van der Waals surface area contributed by atoms with Gasteiger partial charge in [-0.1, -0.05) is 0 Å². The molecule has 1 aliphatic heterocycles. The molecule has 2 unspecified atom stereocenters. The van der Waals surface area contributed by atoms with Gasteiger partial charge in [0, 0.05) is 19.1 Å². The Labute approximate surface area is 99.4 Å². The Morgan fingerprint density at radius 1 is 1.38 bits per heavy atom. The lowest BCUT2D eigenvalue weighted by atomic mass is 10.0. The molecule has 1 aliphatic rings. The number of rotatable bonds is 5. The third kappa shape index (κ3) is 5.80. The molecule has 4 heteroatoms. The second-order valence-corrected chi connectivity index (χ2v) is 5.49. The number of hydrogen-bond acceptors (Lipinski definition) is 4. The van der Waals surface area contributed by atoms with E-state index in [1.807, 2.05) is 25.9 Å². The number of hydrogen-bond donors (Lipinski definition) is 3. The monoisotopic (exact) mass is 229 g/mol. The van der Waals surface area contributed by atoms with Gasteiger partial charge in [0.2, 0.25) is 0 Å². The molecule has 1 rings (SSSR count). The Morgan fingerprint density at radius 3 is 2.81 bits per heavy atom. The maximum absolute atomic E-state index is 10.2. The van der Waals surface area contributed by atoms with Crippen LogP contribution in [0.4, 0.5) is 0 Å². The summed E-state index contributed by atoms with van der Waals surface area (Å²) < 4.78 is 0. The van der Waals surface area contributed by atoms with E-state index in [2.05, 4.69) is 10.6 Å². The zero-order valence-corrected chi connectivity index (χ0v) is 10.9. The van der Waals surface area contributed by atoms with Crippen LogP contribution in [0, 0.1) is 0 Å². The van der Waals surface area contributed by atoms with Gasteiger partial charge in [0.05, 0.1) is 5.60 Å². The van der Waals surface area contributed by atoms with Crippen molar-refractivity contribution in [1.82, 2.24) is 15.5 Å². The molecule has 0 amide bonds. The van der Waals surface area contributed by atoms with Crippen LogP contribution in [-0.2, 0) is 0 Å². The highest BCUT2D eigenvalue weighted by Crippen LogP contribution is 2.08. The molecule has 0 radical (unpaired) electrons. The van der Waals surface area contributed by atoms with Crippen LogP contribution in [0.5, 0.6) is 0 Å². The van der Waals surface area contributed by atoms with E-state index in [-0.39, 0.29) is 0 Å². The van der Waals surface area contributed by atoms with Crippen LogP contribution >= 0.6 is 0 Å². The first-order valence-electron chi connectivity index (χ1n) is 6.31. The maximum Gasteiger partial charge on any atom is 0.0869 e. The average molecular weight is 229 g/mol. The van der Waals surface area contributed by atoms with Gasteiger partial charge >= 0.3 is 0 Å². The summed E-state index contributed by atoms with van der Waals surface area (Å²) in [7, 11) is 3.98. The number of likely N-dealkylation sites (N-methyl/N-ethyl adjacent to an activating group) is 1. The van der Waals surface area contributed by atoms with E-state index in [9.17, 15) is 5.11 Å². The minimum Gasteiger partial charge on any atom is -0.388 e. The third-order valence-electron chi connectivity index (χ3n) is 3.00. The first-order chi connectivity index (χ1) is 7.49. The van der Waals surface area contributed by atoms with Gasteiger partial charge in [-0.2, -0.15) is 0 Å². The Bertz CT molecular complexity index is 187. The third-order valence-corrected chi connectivity index (χ3v) is 3.00. The summed E-state index contributed by atoms with van der Waals surface area (Å²) >= 11 is 0. The highest BCUT2D eigenvalue weighted by atomic mass is 16.3. The van der Waals surface area contributed by atoms with Crippen LogP contribution in [0.15, 0.2) is 0 Å². The van der Waals surface area contributed by atoms with Gasteiger partial charge in [0.15, 0.2) is 0 Å². The van der Waals surface area contributed by atoms with E-state index in [1.54, 1.807) is 0 Å². The smallest absolute Gasteiger partial charge is 0.0869 e. The molecule has 4 nitrogen and oxygen atoms in total. The Balaban J connectivity index is 2.25. The normalized spacial score (nSPS) is 26.4. The fourth-order valence-corrected chi connectivity index (χ4v) is 2.32. The Hall–Kier alpha value is -0.160. The van der Waals surface area contributed by atoms with Crippen LogP contribution < -0.4 is 10.6 Å². The van der Waals surface area contributed by atoms with Gasteiger partial charge in [-0.05, 0) is 53.4 Å². The number of nitrogens with zero attached hydrogens (tertiary/aromatic N) is 1. The molecular formula is C12H27N3O. The molecule has 1 fully saturated rings. The number of nitrogens with one attached hydrogen (secondary N) is 2. The topological polar surface area (TPSA) is 47.5 Å². The van der Waals surface area contributed by atoms with Crippen LogP contribution in [0.1, 0.15) is 26.2 Å². The predicted octanol–water partition coefficient (Wildman–Crippen LogP) is 0.0307. The SMILES string of the molecule is CN(C)CC(C)(O)CNC1CCCNCC1. The average Bonchev–Trinajstić information content (AvgIpc) is 2.40. The molecule has 0 aromatic heterocycles. The summed E-state index contributed by atoms with van der Waals surface area (Å²) in [4.78, 5) is 2.02. The van der Waals surface area contributed by atoms with Gasteiger partial charge in [0.25, 0.3) is 0 Å². The summed E-state index contributed by atoms with van der Waals surface area (Å²) in [6.45, 7) is 5.50. The molecule has 0 aliphatic carbocycles. The minimum absolute atomic E-state index is 0.559. The van der Waals surface area contributed by atoms with Crippen molar-refractivity contribution < 1.29 is 5.11 Å². The molecule has 0 spiro atoms. The molecule has 3 N–H and O–H groups in total. The lowest BCUT2D eigenvalue weighted by Crippen LogP contribution is -2.48. The summed E-state index contributed by atoms with van der Waals surface area (Å²) in [6, 6.07) is 0.559. The van der Waals surface area contributed by atoms with Gasteiger partial charge < -0.3 is 20.6 Å². The van der Waals surface area contributed by atoms with E-state index in [4.69, 9.17) is 0 Å². The van der Waals surface area contributed by atoms with E-state index in [0.29, 0.717) is 19.1 Å². The molecule has 1 heterocycles. The van der Waals surface area contributed by atoms with Crippen molar-refractivity contribution in [3.63, 3.8) is 0 Å². The molecule has 0 aromatic carbocycles. The number of aliphatic hydroxyl groups is 1. The zero-order chi connectivity index (χ0) is 12.0. The van der Waals surface area contributed by atoms with Crippen molar-refractivity contribution in [2.24, 2.45) is 0 Å². The fraction of sp³-hybridized carbons (Fsp3) is 1.00. The van der Waals surface area contributed by atoms with E-state index < -0.39 is 5.60 Å².